The average Bonchev–Trinajstić information content (AvgIpc) is 2.71. The van der Waals surface area contributed by atoms with Gasteiger partial charge < -0.3 is 5.32 Å². The molecule has 0 bridgehead atoms. The molecule has 0 radical (unpaired) electrons. The van der Waals surface area contributed by atoms with Crippen molar-refractivity contribution in [2.75, 3.05) is 13.1 Å². The monoisotopic (exact) mass is 214 g/mol. The first-order valence-corrected chi connectivity index (χ1v) is 5.87. The van der Waals surface area contributed by atoms with E-state index in [0.29, 0.717) is 5.92 Å². The van der Waals surface area contributed by atoms with Crippen LogP contribution in [0.1, 0.15) is 17.2 Å². The summed E-state index contributed by atoms with van der Waals surface area (Å²) in [6.45, 7) is 4.42. The number of nitrogens with one attached hydrogen (secondary N) is 1. The summed E-state index contributed by atoms with van der Waals surface area (Å²) in [7, 11) is 0. The van der Waals surface area contributed by atoms with E-state index in [1.807, 2.05) is 10.7 Å². The number of pyridine rings is 1. The van der Waals surface area contributed by atoms with Crippen LogP contribution in [0, 0.1) is 18.8 Å². The van der Waals surface area contributed by atoms with Gasteiger partial charge in [-0.2, -0.15) is 0 Å². The molecule has 2 aromatic rings. The van der Waals surface area contributed by atoms with Crippen molar-refractivity contribution >= 4 is 5.52 Å². The van der Waals surface area contributed by atoms with Crippen molar-refractivity contribution in [2.45, 2.75) is 12.8 Å². The molecule has 2 aliphatic rings. The third-order valence-electron chi connectivity index (χ3n) is 4.01. The van der Waals surface area contributed by atoms with Gasteiger partial charge in [-0.1, -0.05) is 5.21 Å². The quantitative estimate of drug-likeness (QED) is 0.769. The maximum atomic E-state index is 4.37. The molecule has 4 rings (SSSR count). The summed E-state index contributed by atoms with van der Waals surface area (Å²) in [5.41, 5.74) is 3.68. The molecule has 2 unspecified atom stereocenters. The lowest BCUT2D eigenvalue weighted by molar-refractivity contribution is 0.674. The fraction of sp³-hybridized carbons (Fsp3) is 0.500. The minimum atomic E-state index is 0.653. The minimum Gasteiger partial charge on any atom is -0.316 e. The molecule has 1 saturated carbocycles. The summed E-state index contributed by atoms with van der Waals surface area (Å²) >= 11 is 0. The van der Waals surface area contributed by atoms with Crippen LogP contribution in [0.3, 0.4) is 0 Å². The highest BCUT2D eigenvalue weighted by atomic mass is 15.4. The van der Waals surface area contributed by atoms with Crippen LogP contribution in [-0.4, -0.2) is 27.9 Å². The molecular formula is C12H14N4. The largest absolute Gasteiger partial charge is 0.316 e. The fourth-order valence-electron chi connectivity index (χ4n) is 3.08. The van der Waals surface area contributed by atoms with E-state index in [9.17, 15) is 0 Å². The lowest BCUT2D eigenvalue weighted by atomic mass is 10.1. The van der Waals surface area contributed by atoms with Gasteiger partial charge in [0, 0.05) is 12.1 Å². The van der Waals surface area contributed by atoms with E-state index in [1.165, 1.54) is 16.8 Å². The second-order valence-electron chi connectivity index (χ2n) is 5.02. The van der Waals surface area contributed by atoms with Crippen LogP contribution in [0.15, 0.2) is 18.3 Å². The van der Waals surface area contributed by atoms with Gasteiger partial charge in [0.25, 0.3) is 0 Å². The Bertz CT molecular complexity index is 549. The van der Waals surface area contributed by atoms with Crippen molar-refractivity contribution in [3.63, 3.8) is 0 Å². The predicted molar refractivity (Wildman–Crippen MR) is 60.3 cm³/mol. The molecule has 0 aromatic carbocycles. The Hall–Kier alpha value is -1.42. The highest BCUT2D eigenvalue weighted by Gasteiger charge is 2.55. The Morgan fingerprint density at radius 2 is 2.19 bits per heavy atom. The Labute approximate surface area is 93.7 Å². The topological polar surface area (TPSA) is 42.2 Å². The molecule has 1 N–H and O–H groups in total. The van der Waals surface area contributed by atoms with Crippen LogP contribution in [0.2, 0.25) is 0 Å². The third kappa shape index (κ3) is 1.02. The van der Waals surface area contributed by atoms with E-state index in [4.69, 9.17) is 0 Å². The molecule has 4 nitrogen and oxygen atoms in total. The molecule has 16 heavy (non-hydrogen) atoms. The van der Waals surface area contributed by atoms with Gasteiger partial charge >= 0.3 is 0 Å². The van der Waals surface area contributed by atoms with E-state index in [1.54, 1.807) is 0 Å². The van der Waals surface area contributed by atoms with Crippen molar-refractivity contribution in [1.82, 2.24) is 20.1 Å². The summed E-state index contributed by atoms with van der Waals surface area (Å²) in [5.74, 6) is 2.27. The van der Waals surface area contributed by atoms with E-state index >= 15 is 0 Å². The lowest BCUT2D eigenvalue weighted by Crippen LogP contribution is -2.14. The smallest absolute Gasteiger partial charge is 0.0942 e. The van der Waals surface area contributed by atoms with Crippen LogP contribution in [0.4, 0.5) is 0 Å². The highest BCUT2D eigenvalue weighted by molar-refractivity contribution is 5.56. The molecule has 4 heteroatoms. The van der Waals surface area contributed by atoms with Crippen molar-refractivity contribution < 1.29 is 0 Å². The molecule has 2 atom stereocenters. The Kier molecular flexibility index (Phi) is 1.54. The standard InChI is InChI=1S/C12H14N4/c1-7-2-3-16-10(4-7)12(14-15-16)11-8-5-13-6-9(8)11/h2-4,8-9,11,13H,5-6H2,1H3. The number of aromatic nitrogens is 3. The normalized spacial score (nSPS) is 31.9. The van der Waals surface area contributed by atoms with Crippen molar-refractivity contribution in [3.8, 4) is 0 Å². The maximum Gasteiger partial charge on any atom is 0.0942 e. The SMILES string of the molecule is Cc1ccn2nnc(C3C4CNCC43)c2c1. The van der Waals surface area contributed by atoms with Gasteiger partial charge in [0.15, 0.2) is 0 Å². The van der Waals surface area contributed by atoms with Gasteiger partial charge in [0.05, 0.1) is 11.2 Å². The number of rotatable bonds is 1. The first-order valence-electron chi connectivity index (χ1n) is 5.87. The highest BCUT2D eigenvalue weighted by Crippen LogP contribution is 2.55. The van der Waals surface area contributed by atoms with Crippen LogP contribution in [-0.2, 0) is 0 Å². The number of piperidine rings is 1. The summed E-state index contributed by atoms with van der Waals surface area (Å²) in [5, 5.41) is 12.0. The second-order valence-corrected chi connectivity index (χ2v) is 5.02. The molecule has 1 aliphatic carbocycles. The molecule has 0 spiro atoms. The van der Waals surface area contributed by atoms with Crippen molar-refractivity contribution in [1.29, 1.82) is 0 Å². The van der Waals surface area contributed by atoms with Crippen LogP contribution >= 0.6 is 0 Å². The summed E-state index contributed by atoms with van der Waals surface area (Å²) in [4.78, 5) is 0. The first-order chi connectivity index (χ1) is 7.84. The van der Waals surface area contributed by atoms with E-state index in [-0.39, 0.29) is 0 Å². The third-order valence-corrected chi connectivity index (χ3v) is 4.01. The van der Waals surface area contributed by atoms with E-state index in [2.05, 4.69) is 34.7 Å². The predicted octanol–water partition coefficient (Wildman–Crippen LogP) is 0.971. The zero-order valence-corrected chi connectivity index (χ0v) is 9.22. The number of fused-ring (bicyclic) bond motifs is 2. The lowest BCUT2D eigenvalue weighted by Gasteiger charge is -2.01. The molecule has 3 heterocycles. The molecule has 2 fully saturated rings. The number of hydrogen-bond donors (Lipinski definition) is 1. The Balaban J connectivity index is 1.83. The van der Waals surface area contributed by atoms with Crippen molar-refractivity contribution in [3.05, 3.63) is 29.6 Å². The van der Waals surface area contributed by atoms with E-state index < -0.39 is 0 Å². The second kappa shape index (κ2) is 2.83. The van der Waals surface area contributed by atoms with Gasteiger partial charge in [-0.05, 0) is 49.5 Å². The molecule has 82 valence electrons. The molecule has 1 saturated heterocycles. The summed E-state index contributed by atoms with van der Waals surface area (Å²) in [6.07, 6.45) is 2.00. The number of nitrogens with zero attached hydrogens (tertiary/aromatic N) is 3. The van der Waals surface area contributed by atoms with Crippen molar-refractivity contribution in [2.24, 2.45) is 11.8 Å². The molecular weight excluding hydrogens is 200 g/mol. The zero-order valence-electron chi connectivity index (χ0n) is 9.22. The number of aryl methyl sites for hydroxylation is 1. The van der Waals surface area contributed by atoms with Gasteiger partial charge in [-0.25, -0.2) is 4.52 Å². The van der Waals surface area contributed by atoms with Crippen LogP contribution < -0.4 is 5.32 Å². The molecule has 0 amide bonds. The maximum absolute atomic E-state index is 4.37. The average molecular weight is 214 g/mol. The van der Waals surface area contributed by atoms with Crippen LogP contribution in [0.25, 0.3) is 5.52 Å². The van der Waals surface area contributed by atoms with Crippen LogP contribution in [0.5, 0.6) is 0 Å². The molecule has 1 aliphatic heterocycles. The fourth-order valence-corrected chi connectivity index (χ4v) is 3.08. The van der Waals surface area contributed by atoms with Gasteiger partial charge in [0.1, 0.15) is 0 Å². The first kappa shape index (κ1) is 8.70. The summed E-state index contributed by atoms with van der Waals surface area (Å²) in [6, 6.07) is 4.26. The Morgan fingerprint density at radius 3 is 3.00 bits per heavy atom. The van der Waals surface area contributed by atoms with Gasteiger partial charge in [0.2, 0.25) is 0 Å². The Morgan fingerprint density at radius 1 is 1.38 bits per heavy atom. The van der Waals surface area contributed by atoms with E-state index in [0.717, 1.165) is 24.9 Å². The molecule has 2 aromatic heterocycles. The number of hydrogen-bond acceptors (Lipinski definition) is 3. The van der Waals surface area contributed by atoms with Gasteiger partial charge in [-0.15, -0.1) is 5.10 Å². The zero-order chi connectivity index (χ0) is 10.7. The van der Waals surface area contributed by atoms with Gasteiger partial charge in [-0.3, -0.25) is 0 Å². The summed E-state index contributed by atoms with van der Waals surface area (Å²) < 4.78 is 1.89. The minimum absolute atomic E-state index is 0.653.